The normalized spacial score (nSPS) is 13.3. The molecule has 18 heavy (non-hydrogen) atoms. The number of halogens is 7. The van der Waals surface area contributed by atoms with Gasteiger partial charge < -0.3 is 5.73 Å². The Morgan fingerprint density at radius 1 is 1.22 bits per heavy atom. The molecule has 1 rings (SSSR count). The van der Waals surface area contributed by atoms with E-state index in [0.29, 0.717) is 4.47 Å². The average Bonchev–Trinajstić information content (AvgIpc) is 2.15. The number of alkyl halides is 5. The van der Waals surface area contributed by atoms with Gasteiger partial charge in [0.1, 0.15) is 0 Å². The number of benzene rings is 1. The lowest BCUT2D eigenvalue weighted by Gasteiger charge is -2.16. The molecule has 0 aliphatic rings. The second kappa shape index (κ2) is 6.68. The van der Waals surface area contributed by atoms with Crippen LogP contribution in [-0.2, 0) is 6.18 Å². The van der Waals surface area contributed by atoms with Gasteiger partial charge in [0.2, 0.25) is 6.43 Å². The van der Waals surface area contributed by atoms with E-state index in [2.05, 4.69) is 15.9 Å². The van der Waals surface area contributed by atoms with E-state index in [0.717, 1.165) is 18.2 Å². The second-order valence-corrected chi connectivity index (χ2v) is 4.32. The highest BCUT2D eigenvalue weighted by Gasteiger charge is 2.31. The van der Waals surface area contributed by atoms with Crippen LogP contribution in [0, 0.1) is 0 Å². The largest absolute Gasteiger partial charge is 0.416 e. The third kappa shape index (κ3) is 4.70. The number of rotatable bonds is 3. The van der Waals surface area contributed by atoms with Gasteiger partial charge in [0.05, 0.1) is 5.56 Å². The fourth-order valence-corrected chi connectivity index (χ4v) is 1.86. The Kier molecular flexibility index (Phi) is 6.53. The average molecular weight is 355 g/mol. The first-order valence-electron chi connectivity index (χ1n) is 4.62. The van der Waals surface area contributed by atoms with Gasteiger partial charge in [-0.25, -0.2) is 8.78 Å². The van der Waals surface area contributed by atoms with Crippen molar-refractivity contribution in [1.82, 2.24) is 0 Å². The summed E-state index contributed by atoms with van der Waals surface area (Å²) in [6.07, 6.45) is -7.86. The highest BCUT2D eigenvalue weighted by molar-refractivity contribution is 9.10. The van der Waals surface area contributed by atoms with Crippen molar-refractivity contribution in [1.29, 1.82) is 0 Å². The molecule has 104 valence electrons. The summed E-state index contributed by atoms with van der Waals surface area (Å²) in [7, 11) is 0. The summed E-state index contributed by atoms with van der Waals surface area (Å²) in [6, 6.07) is 1.68. The van der Waals surface area contributed by atoms with Crippen molar-refractivity contribution in [2.75, 3.05) is 0 Å². The Hall–Kier alpha value is -0.400. The first-order valence-corrected chi connectivity index (χ1v) is 5.41. The molecule has 2 N–H and O–H groups in total. The summed E-state index contributed by atoms with van der Waals surface area (Å²) in [5, 5.41) is 0. The third-order valence-corrected chi connectivity index (χ3v) is 2.88. The zero-order chi connectivity index (χ0) is 13.2. The van der Waals surface area contributed by atoms with E-state index in [1.165, 1.54) is 0 Å². The minimum absolute atomic E-state index is 0. The van der Waals surface area contributed by atoms with Crippen LogP contribution >= 0.6 is 28.3 Å². The Balaban J connectivity index is 0.00000289. The lowest BCUT2D eigenvalue weighted by atomic mass is 10.0. The topological polar surface area (TPSA) is 26.0 Å². The number of hydrogen-bond acceptors (Lipinski definition) is 1. The molecule has 1 aromatic rings. The maximum absolute atomic E-state index is 12.4. The molecular weight excluding hydrogens is 344 g/mol. The van der Waals surface area contributed by atoms with Crippen molar-refractivity contribution in [3.63, 3.8) is 0 Å². The Morgan fingerprint density at radius 2 is 1.78 bits per heavy atom. The quantitative estimate of drug-likeness (QED) is 0.792. The summed E-state index contributed by atoms with van der Waals surface area (Å²) in [6.45, 7) is 0. The van der Waals surface area contributed by atoms with Crippen LogP contribution in [0.15, 0.2) is 22.7 Å². The summed E-state index contributed by atoms with van der Waals surface area (Å²) in [5.41, 5.74) is 4.56. The van der Waals surface area contributed by atoms with Gasteiger partial charge in [-0.2, -0.15) is 13.2 Å². The van der Waals surface area contributed by atoms with Crippen molar-refractivity contribution >= 4 is 28.3 Å². The van der Waals surface area contributed by atoms with Crippen LogP contribution in [0.5, 0.6) is 0 Å². The molecule has 0 unspecified atom stereocenters. The van der Waals surface area contributed by atoms with Gasteiger partial charge in [-0.15, -0.1) is 12.4 Å². The minimum atomic E-state index is -4.51. The van der Waals surface area contributed by atoms with Crippen LogP contribution < -0.4 is 5.73 Å². The predicted molar refractivity (Wildman–Crippen MR) is 63.9 cm³/mol. The molecule has 0 spiro atoms. The Morgan fingerprint density at radius 3 is 2.22 bits per heavy atom. The first kappa shape index (κ1) is 17.6. The molecule has 0 fully saturated rings. The van der Waals surface area contributed by atoms with Crippen LogP contribution in [0.3, 0.4) is 0 Å². The van der Waals surface area contributed by atoms with E-state index >= 15 is 0 Å². The lowest BCUT2D eigenvalue weighted by molar-refractivity contribution is -0.137. The molecule has 8 heteroatoms. The van der Waals surface area contributed by atoms with E-state index in [-0.39, 0.29) is 18.0 Å². The van der Waals surface area contributed by atoms with Gasteiger partial charge in [0, 0.05) is 16.9 Å². The molecule has 0 aromatic heterocycles. The molecule has 0 aliphatic heterocycles. The zero-order valence-corrected chi connectivity index (χ0v) is 11.2. The molecule has 0 heterocycles. The van der Waals surface area contributed by atoms with Crippen LogP contribution in [0.25, 0.3) is 0 Å². The zero-order valence-electron chi connectivity index (χ0n) is 8.85. The first-order chi connectivity index (χ1) is 7.71. The Labute approximate surface area is 115 Å². The standard InChI is InChI=1S/C10H9BrF5N.ClH/c11-7-2-1-5(10(14,15)16)3-6(7)8(17)4-9(12)13;/h1-3,8-9H,4,17H2;1H/t8-;/m1./s1. The van der Waals surface area contributed by atoms with Crippen LogP contribution in [0.1, 0.15) is 23.6 Å². The number of nitrogens with two attached hydrogens (primary N) is 1. The second-order valence-electron chi connectivity index (χ2n) is 3.47. The molecule has 0 radical (unpaired) electrons. The van der Waals surface area contributed by atoms with Gasteiger partial charge in [-0.3, -0.25) is 0 Å². The Bertz CT molecular complexity index is 396. The van der Waals surface area contributed by atoms with Crippen molar-refractivity contribution < 1.29 is 22.0 Å². The highest BCUT2D eigenvalue weighted by atomic mass is 79.9. The maximum atomic E-state index is 12.4. The van der Waals surface area contributed by atoms with Gasteiger partial charge in [0.25, 0.3) is 0 Å². The summed E-state index contributed by atoms with van der Waals surface area (Å²) in [4.78, 5) is 0. The van der Waals surface area contributed by atoms with E-state index in [4.69, 9.17) is 5.73 Å². The molecule has 0 aliphatic carbocycles. The van der Waals surface area contributed by atoms with Crippen molar-refractivity contribution in [3.8, 4) is 0 Å². The van der Waals surface area contributed by atoms with Crippen LogP contribution in [0.4, 0.5) is 22.0 Å². The van der Waals surface area contributed by atoms with Crippen molar-refractivity contribution in [2.24, 2.45) is 5.73 Å². The maximum Gasteiger partial charge on any atom is 0.416 e. The SMILES string of the molecule is Cl.N[C@H](CC(F)F)c1cc(C(F)(F)F)ccc1Br. The van der Waals surface area contributed by atoms with Gasteiger partial charge in [-0.05, 0) is 23.8 Å². The van der Waals surface area contributed by atoms with Crippen LogP contribution in [0.2, 0.25) is 0 Å². The van der Waals surface area contributed by atoms with Gasteiger partial charge >= 0.3 is 6.18 Å². The van der Waals surface area contributed by atoms with Crippen LogP contribution in [-0.4, -0.2) is 6.43 Å². The monoisotopic (exact) mass is 353 g/mol. The molecule has 0 bridgehead atoms. The molecule has 1 atom stereocenters. The molecular formula is C10H10BrClF5N. The van der Waals surface area contributed by atoms with Gasteiger partial charge in [0.15, 0.2) is 0 Å². The van der Waals surface area contributed by atoms with E-state index < -0.39 is 30.6 Å². The van der Waals surface area contributed by atoms with Gasteiger partial charge in [-0.1, -0.05) is 15.9 Å². The summed E-state index contributed by atoms with van der Waals surface area (Å²) in [5.74, 6) is 0. The minimum Gasteiger partial charge on any atom is -0.324 e. The molecule has 1 aromatic carbocycles. The third-order valence-electron chi connectivity index (χ3n) is 2.15. The van der Waals surface area contributed by atoms with Crippen molar-refractivity contribution in [2.45, 2.75) is 25.1 Å². The van der Waals surface area contributed by atoms with E-state index in [1.807, 2.05) is 0 Å². The molecule has 1 nitrogen and oxygen atoms in total. The number of hydrogen-bond donors (Lipinski definition) is 1. The fourth-order valence-electron chi connectivity index (χ4n) is 1.32. The highest BCUT2D eigenvalue weighted by Crippen LogP contribution is 2.34. The van der Waals surface area contributed by atoms with E-state index in [1.54, 1.807) is 0 Å². The van der Waals surface area contributed by atoms with E-state index in [9.17, 15) is 22.0 Å². The molecule has 0 saturated carbocycles. The summed E-state index contributed by atoms with van der Waals surface area (Å²) < 4.78 is 61.8. The molecule has 0 saturated heterocycles. The fraction of sp³-hybridized carbons (Fsp3) is 0.400. The summed E-state index contributed by atoms with van der Waals surface area (Å²) >= 11 is 3.00. The van der Waals surface area contributed by atoms with Crippen molar-refractivity contribution in [3.05, 3.63) is 33.8 Å². The lowest BCUT2D eigenvalue weighted by Crippen LogP contribution is -2.16. The molecule has 0 amide bonds. The predicted octanol–water partition coefficient (Wildman–Crippen LogP) is 4.54. The smallest absolute Gasteiger partial charge is 0.324 e.